The average Bonchev–Trinajstić information content (AvgIpc) is 2.38. The third-order valence-corrected chi connectivity index (χ3v) is 3.04. The summed E-state index contributed by atoms with van der Waals surface area (Å²) in [6, 6.07) is 1.61. The highest BCUT2D eigenvalue weighted by Gasteiger charge is 2.22. The van der Waals surface area contributed by atoms with Crippen LogP contribution in [0.2, 0.25) is 0 Å². The van der Waals surface area contributed by atoms with Crippen LogP contribution in [0.4, 0.5) is 11.5 Å². The van der Waals surface area contributed by atoms with Crippen LogP contribution in [0.15, 0.2) is 12.3 Å². The Kier molecular flexibility index (Phi) is 3.61. The maximum absolute atomic E-state index is 10.7. The first kappa shape index (κ1) is 12.6. The molecule has 1 aromatic rings. The molecule has 1 saturated heterocycles. The minimum atomic E-state index is -0.567. The Bertz CT molecular complexity index is 444. The lowest BCUT2D eigenvalue weighted by molar-refractivity contribution is -0.390. The number of anilines is 1. The van der Waals surface area contributed by atoms with Gasteiger partial charge in [0.25, 0.3) is 0 Å². The summed E-state index contributed by atoms with van der Waals surface area (Å²) in [7, 11) is 1.38. The van der Waals surface area contributed by atoms with Crippen molar-refractivity contribution in [2.45, 2.75) is 18.9 Å². The minimum Gasteiger partial charge on any atom is -0.489 e. The Labute approximate surface area is 104 Å². The largest absolute Gasteiger partial charge is 0.489 e. The summed E-state index contributed by atoms with van der Waals surface area (Å²) >= 11 is 0. The van der Waals surface area contributed by atoms with E-state index in [-0.39, 0.29) is 17.7 Å². The van der Waals surface area contributed by atoms with Gasteiger partial charge in [0.2, 0.25) is 5.75 Å². The predicted octanol–water partition coefficient (Wildman–Crippen LogP) is 0.960. The molecule has 0 amide bonds. The molecule has 0 spiro atoms. The number of aromatic nitrogens is 1. The molecule has 7 heteroatoms. The summed E-state index contributed by atoms with van der Waals surface area (Å²) < 4.78 is 4.98. The zero-order chi connectivity index (χ0) is 13.1. The number of hydrogen-bond donors (Lipinski definition) is 1. The topological polar surface area (TPSA) is 88.7 Å². The molecule has 0 atom stereocenters. The Morgan fingerprint density at radius 2 is 2.22 bits per heavy atom. The molecule has 1 N–H and O–H groups in total. The van der Waals surface area contributed by atoms with Gasteiger partial charge in [-0.15, -0.1) is 0 Å². The van der Waals surface area contributed by atoms with Crippen LogP contribution in [0.5, 0.6) is 5.75 Å². The second-order valence-electron chi connectivity index (χ2n) is 4.19. The fourth-order valence-corrected chi connectivity index (χ4v) is 2.01. The van der Waals surface area contributed by atoms with Crippen LogP contribution in [0.25, 0.3) is 0 Å². The molecule has 0 aliphatic carbocycles. The van der Waals surface area contributed by atoms with Gasteiger partial charge in [-0.2, -0.15) is 0 Å². The van der Waals surface area contributed by atoms with Crippen molar-refractivity contribution in [2.24, 2.45) is 0 Å². The molecular weight excluding hydrogens is 238 g/mol. The van der Waals surface area contributed by atoms with Gasteiger partial charge in [-0.05, 0) is 22.7 Å². The first-order chi connectivity index (χ1) is 8.61. The predicted molar refractivity (Wildman–Crippen MR) is 64.9 cm³/mol. The summed E-state index contributed by atoms with van der Waals surface area (Å²) in [6.45, 7) is 1.42. The Morgan fingerprint density at radius 3 is 2.78 bits per heavy atom. The van der Waals surface area contributed by atoms with Crippen LogP contribution in [0, 0.1) is 10.1 Å². The summed E-state index contributed by atoms with van der Waals surface area (Å²) in [4.78, 5) is 16.0. The third-order valence-electron chi connectivity index (χ3n) is 3.04. The van der Waals surface area contributed by atoms with Crippen molar-refractivity contribution in [1.29, 1.82) is 0 Å². The molecule has 2 rings (SSSR count). The van der Waals surface area contributed by atoms with Crippen LogP contribution in [-0.4, -0.2) is 41.3 Å². The maximum atomic E-state index is 10.7. The lowest BCUT2D eigenvalue weighted by Crippen LogP contribution is -2.35. The molecule has 0 bridgehead atoms. The number of hydrogen-bond acceptors (Lipinski definition) is 6. The van der Waals surface area contributed by atoms with E-state index in [1.807, 2.05) is 4.90 Å². The molecule has 18 heavy (non-hydrogen) atoms. The summed E-state index contributed by atoms with van der Waals surface area (Å²) in [5.41, 5.74) is 0.782. The van der Waals surface area contributed by atoms with E-state index in [9.17, 15) is 15.2 Å². The number of aliphatic hydroxyl groups excluding tert-OH is 1. The fourth-order valence-electron chi connectivity index (χ4n) is 2.01. The van der Waals surface area contributed by atoms with Gasteiger partial charge in [-0.3, -0.25) is 0 Å². The third kappa shape index (κ3) is 2.51. The Hall–Kier alpha value is -1.89. The van der Waals surface area contributed by atoms with E-state index >= 15 is 0 Å². The zero-order valence-corrected chi connectivity index (χ0v) is 10.1. The van der Waals surface area contributed by atoms with Gasteiger partial charge in [-0.25, -0.2) is 0 Å². The number of nitro groups is 1. The van der Waals surface area contributed by atoms with E-state index in [0.717, 1.165) is 5.69 Å². The fraction of sp³-hybridized carbons (Fsp3) is 0.545. The van der Waals surface area contributed by atoms with Crippen LogP contribution in [0.1, 0.15) is 12.8 Å². The highest BCUT2D eigenvalue weighted by atomic mass is 16.6. The molecule has 1 aliphatic heterocycles. The van der Waals surface area contributed by atoms with Crippen molar-refractivity contribution >= 4 is 11.5 Å². The monoisotopic (exact) mass is 253 g/mol. The smallest absolute Gasteiger partial charge is 0.406 e. The lowest BCUT2D eigenvalue weighted by Gasteiger charge is -2.30. The van der Waals surface area contributed by atoms with Crippen molar-refractivity contribution in [3.8, 4) is 5.75 Å². The maximum Gasteiger partial charge on any atom is 0.406 e. The number of rotatable bonds is 3. The molecule has 98 valence electrons. The van der Waals surface area contributed by atoms with Gasteiger partial charge in [0.1, 0.15) is 0 Å². The second kappa shape index (κ2) is 5.18. The van der Waals surface area contributed by atoms with E-state index < -0.39 is 4.92 Å². The lowest BCUT2D eigenvalue weighted by atomic mass is 10.1. The van der Waals surface area contributed by atoms with Crippen molar-refractivity contribution in [3.63, 3.8) is 0 Å². The number of pyridine rings is 1. The second-order valence-corrected chi connectivity index (χ2v) is 4.19. The van der Waals surface area contributed by atoms with Gasteiger partial charge >= 0.3 is 5.82 Å². The summed E-state index contributed by atoms with van der Waals surface area (Å²) in [5, 5.41) is 20.2. The van der Waals surface area contributed by atoms with E-state index in [1.165, 1.54) is 13.3 Å². The number of methoxy groups -OCH3 is 1. The van der Waals surface area contributed by atoms with E-state index in [2.05, 4.69) is 4.98 Å². The van der Waals surface area contributed by atoms with Crippen molar-refractivity contribution in [3.05, 3.63) is 22.4 Å². The van der Waals surface area contributed by atoms with Crippen LogP contribution in [-0.2, 0) is 0 Å². The quantitative estimate of drug-likeness (QED) is 0.637. The summed E-state index contributed by atoms with van der Waals surface area (Å²) in [6.07, 6.45) is 2.60. The molecule has 0 unspecified atom stereocenters. The van der Waals surface area contributed by atoms with Crippen LogP contribution in [0.3, 0.4) is 0 Å². The molecule has 0 aromatic carbocycles. The normalized spacial score (nSPS) is 16.7. The molecule has 7 nitrogen and oxygen atoms in total. The first-order valence-electron chi connectivity index (χ1n) is 5.73. The van der Waals surface area contributed by atoms with E-state index in [4.69, 9.17) is 4.74 Å². The number of aliphatic hydroxyl groups is 1. The minimum absolute atomic E-state index is 0.156. The molecular formula is C11H15N3O4. The molecule has 0 saturated carbocycles. The standard InChI is InChI=1S/C11H15N3O4/c1-18-10-6-8(7-12-11(10)14(16)17)13-4-2-9(15)3-5-13/h6-7,9,15H,2-5H2,1H3. The van der Waals surface area contributed by atoms with Gasteiger partial charge in [0.05, 0.1) is 18.9 Å². The Balaban J connectivity index is 2.22. The van der Waals surface area contributed by atoms with Crippen LogP contribution < -0.4 is 9.64 Å². The van der Waals surface area contributed by atoms with Gasteiger partial charge < -0.3 is 24.9 Å². The number of ether oxygens (including phenoxy) is 1. The highest BCUT2D eigenvalue weighted by Crippen LogP contribution is 2.29. The SMILES string of the molecule is COc1cc(N2CCC(O)CC2)cnc1[N+](=O)[O-]. The van der Waals surface area contributed by atoms with Gasteiger partial charge in [0, 0.05) is 19.2 Å². The van der Waals surface area contributed by atoms with Crippen LogP contribution >= 0.6 is 0 Å². The van der Waals surface area contributed by atoms with Gasteiger partial charge in [0.15, 0.2) is 6.20 Å². The summed E-state index contributed by atoms with van der Waals surface area (Å²) in [5.74, 6) is -0.123. The molecule has 1 aromatic heterocycles. The van der Waals surface area contributed by atoms with Crippen molar-refractivity contribution in [2.75, 3.05) is 25.1 Å². The zero-order valence-electron chi connectivity index (χ0n) is 10.1. The highest BCUT2D eigenvalue weighted by molar-refractivity contribution is 5.54. The van der Waals surface area contributed by atoms with Crippen molar-refractivity contribution < 1.29 is 14.8 Å². The number of piperidine rings is 1. The average molecular weight is 253 g/mol. The van der Waals surface area contributed by atoms with Gasteiger partial charge in [-0.1, -0.05) is 0 Å². The molecule has 1 aliphatic rings. The molecule has 1 fully saturated rings. The molecule has 2 heterocycles. The van der Waals surface area contributed by atoms with Crippen molar-refractivity contribution in [1.82, 2.24) is 4.98 Å². The van der Waals surface area contributed by atoms with E-state index in [1.54, 1.807) is 6.07 Å². The Morgan fingerprint density at radius 1 is 1.56 bits per heavy atom. The molecule has 0 radical (unpaired) electrons. The number of nitrogens with zero attached hydrogens (tertiary/aromatic N) is 3. The first-order valence-corrected chi connectivity index (χ1v) is 5.73. The van der Waals surface area contributed by atoms with E-state index in [0.29, 0.717) is 25.9 Å².